The smallest absolute Gasteiger partial charge is 0.256 e. The Morgan fingerprint density at radius 3 is 2.36 bits per heavy atom. The number of fused-ring (bicyclic) bond motifs is 2. The first-order chi connectivity index (χ1) is 27.1. The first-order valence-corrected chi connectivity index (χ1v) is 19.4. The van der Waals surface area contributed by atoms with E-state index in [4.69, 9.17) is 33.5 Å². The van der Waals surface area contributed by atoms with Crippen molar-refractivity contribution in [3.63, 3.8) is 0 Å². The topological polar surface area (TPSA) is 169 Å². The van der Waals surface area contributed by atoms with E-state index in [1.807, 2.05) is 25.3 Å². The van der Waals surface area contributed by atoms with Gasteiger partial charge in [0.15, 0.2) is 0 Å². The number of nitrogens with one attached hydrogen (secondary N) is 1. The summed E-state index contributed by atoms with van der Waals surface area (Å²) in [5.41, 5.74) is 2.77. The van der Waals surface area contributed by atoms with E-state index in [2.05, 4.69) is 41.0 Å². The number of hydrogen-bond acceptors (Lipinski definition) is 14. The van der Waals surface area contributed by atoms with Crippen molar-refractivity contribution < 1.29 is 28.4 Å². The van der Waals surface area contributed by atoms with E-state index < -0.39 is 0 Å². The molecule has 3 aliphatic rings. The summed E-state index contributed by atoms with van der Waals surface area (Å²) in [6.07, 6.45) is 16.0. The maximum Gasteiger partial charge on any atom is 0.256 e. The summed E-state index contributed by atoms with van der Waals surface area (Å²) in [5.74, 6) is 1.41. The second-order valence-electron chi connectivity index (χ2n) is 14.4. The molecule has 3 atom stereocenters. The van der Waals surface area contributed by atoms with Crippen LogP contribution >= 0.6 is 0 Å². The van der Waals surface area contributed by atoms with Crippen molar-refractivity contribution in [1.82, 2.24) is 39.4 Å². The number of aromatic nitrogens is 7. The van der Waals surface area contributed by atoms with Crippen molar-refractivity contribution in [3.05, 3.63) is 55.0 Å². The molecule has 1 aliphatic carbocycles. The molecular formula is C39H52N10O6. The summed E-state index contributed by atoms with van der Waals surface area (Å²) in [6.45, 7) is 7.34. The van der Waals surface area contributed by atoms with Gasteiger partial charge in [0.25, 0.3) is 5.88 Å². The molecule has 0 radical (unpaired) electrons. The van der Waals surface area contributed by atoms with Crippen LogP contribution in [-0.2, 0) is 25.5 Å². The van der Waals surface area contributed by atoms with Crippen LogP contribution in [0.4, 0.5) is 11.6 Å². The van der Waals surface area contributed by atoms with Crippen molar-refractivity contribution >= 4 is 11.6 Å². The lowest BCUT2D eigenvalue weighted by Crippen LogP contribution is -2.52. The van der Waals surface area contributed by atoms with Crippen LogP contribution in [0.2, 0.25) is 0 Å². The fourth-order valence-electron chi connectivity index (χ4n) is 7.82. The molecule has 294 valence electrons. The van der Waals surface area contributed by atoms with Gasteiger partial charge in [-0.25, -0.2) is 19.6 Å². The third-order valence-electron chi connectivity index (χ3n) is 10.5. The van der Waals surface area contributed by atoms with Crippen molar-refractivity contribution in [2.75, 3.05) is 65.3 Å². The second-order valence-corrected chi connectivity index (χ2v) is 14.4. The minimum Gasteiger partial charge on any atom is -0.487 e. The van der Waals surface area contributed by atoms with Gasteiger partial charge < -0.3 is 33.7 Å². The molecule has 16 heteroatoms. The Bertz CT molecular complexity index is 1790. The van der Waals surface area contributed by atoms with E-state index in [1.165, 1.54) is 19.2 Å². The van der Waals surface area contributed by atoms with Crippen LogP contribution in [0.15, 0.2) is 49.4 Å². The number of hydrogen-bond donors (Lipinski definition) is 1. The van der Waals surface area contributed by atoms with E-state index in [1.54, 1.807) is 36.6 Å². The molecule has 0 unspecified atom stereocenters. The zero-order chi connectivity index (χ0) is 37.8. The van der Waals surface area contributed by atoms with Crippen LogP contribution in [0, 0.1) is 11.3 Å². The molecule has 16 nitrogen and oxygen atoms in total. The van der Waals surface area contributed by atoms with E-state index in [-0.39, 0.29) is 12.1 Å². The van der Waals surface area contributed by atoms with E-state index in [9.17, 15) is 5.26 Å². The average Bonchev–Trinajstić information content (AvgIpc) is 3.93. The molecule has 7 rings (SSSR count). The van der Waals surface area contributed by atoms with Gasteiger partial charge in [0.1, 0.15) is 36.3 Å². The van der Waals surface area contributed by atoms with Gasteiger partial charge in [0.05, 0.1) is 70.6 Å². The first kappa shape index (κ1) is 38.6. The summed E-state index contributed by atoms with van der Waals surface area (Å²) in [7, 11) is 1.66. The highest BCUT2D eigenvalue weighted by Gasteiger charge is 2.42. The summed E-state index contributed by atoms with van der Waals surface area (Å²) in [5, 5.41) is 22.2. The molecule has 2 bridgehead atoms. The molecule has 2 saturated heterocycles. The third kappa shape index (κ3) is 10.2. The highest BCUT2D eigenvalue weighted by Crippen LogP contribution is 2.39. The van der Waals surface area contributed by atoms with Crippen LogP contribution in [-0.4, -0.2) is 124 Å². The lowest BCUT2D eigenvalue weighted by atomic mass is 9.89. The molecular weight excluding hydrogens is 704 g/mol. The lowest BCUT2D eigenvalue weighted by molar-refractivity contribution is -0.0458. The molecule has 5 heterocycles. The maximum atomic E-state index is 9.73. The molecule has 0 spiro atoms. The molecule has 0 amide bonds. The number of morpholine rings is 1. The van der Waals surface area contributed by atoms with Crippen molar-refractivity contribution in [1.29, 1.82) is 5.26 Å². The molecule has 1 saturated carbocycles. The summed E-state index contributed by atoms with van der Waals surface area (Å²) >= 11 is 0. The first-order valence-electron chi connectivity index (χ1n) is 19.4. The average molecular weight is 757 g/mol. The van der Waals surface area contributed by atoms with Crippen LogP contribution < -0.4 is 14.8 Å². The zero-order valence-corrected chi connectivity index (χ0v) is 31.8. The Kier molecular flexibility index (Phi) is 13.5. The van der Waals surface area contributed by atoms with E-state index in [0.717, 1.165) is 50.0 Å². The van der Waals surface area contributed by atoms with E-state index in [0.29, 0.717) is 99.6 Å². The number of methoxy groups -OCH3 is 1. The molecule has 1 aromatic carbocycles. The number of nitriles is 1. The number of nitrogens with zero attached hydrogens (tertiary/aromatic N) is 9. The van der Waals surface area contributed by atoms with Gasteiger partial charge in [0, 0.05) is 56.2 Å². The predicted molar refractivity (Wildman–Crippen MR) is 202 cm³/mol. The minimum absolute atomic E-state index is 0.238. The fourth-order valence-corrected chi connectivity index (χ4v) is 7.82. The van der Waals surface area contributed by atoms with Crippen LogP contribution in [0.3, 0.4) is 0 Å². The van der Waals surface area contributed by atoms with Crippen LogP contribution in [0.5, 0.6) is 11.6 Å². The van der Waals surface area contributed by atoms with Crippen LogP contribution in [0.25, 0.3) is 11.1 Å². The van der Waals surface area contributed by atoms with Gasteiger partial charge in [-0.1, -0.05) is 6.07 Å². The minimum atomic E-state index is -0.238. The largest absolute Gasteiger partial charge is 0.487 e. The standard InChI is InChI=1S/C39H52N10O6/c1-28(22-47-27-41-26-44-47)55-37-18-29(4-5-30(37)19-40)31-20-42-39(43-21-31)45-36-23-48(46-38(36)54-13-3-12-51-16-17-52-15-14-50-2)32-6-8-33(9-7-32)49-34-10-11-35(49)25-53-24-34/h4-5,18,20-21,23,26-28,32-35H,3,6-17,22,24-25H2,1-2H3,(H,42,43,45)/t28-,32-,33-,34-,35+/m0/s1. The summed E-state index contributed by atoms with van der Waals surface area (Å²) < 4.78 is 38.2. The Morgan fingerprint density at radius 1 is 0.909 bits per heavy atom. The SMILES string of the molecule is COCCOCCOCCCOc1nn([C@H]2CC[C@H](N3[C@@H]4CC[C@H]3COC4)CC2)cc1Nc1ncc(-c2ccc(C#N)c(O[C@@H](C)Cn3cncn3)c2)cn1. The van der Waals surface area contributed by atoms with Crippen molar-refractivity contribution in [2.24, 2.45) is 0 Å². The second kappa shape index (κ2) is 19.3. The maximum absolute atomic E-state index is 9.73. The zero-order valence-electron chi connectivity index (χ0n) is 31.8. The molecule has 3 aromatic heterocycles. The molecule has 4 aromatic rings. The van der Waals surface area contributed by atoms with Gasteiger partial charge in [-0.05, 0) is 63.1 Å². The van der Waals surface area contributed by atoms with Gasteiger partial charge in [-0.15, -0.1) is 5.10 Å². The van der Waals surface area contributed by atoms with Gasteiger partial charge in [-0.2, -0.15) is 10.4 Å². The van der Waals surface area contributed by atoms with Crippen LogP contribution in [0.1, 0.15) is 63.5 Å². The summed E-state index contributed by atoms with van der Waals surface area (Å²) in [4.78, 5) is 16.0. The molecule has 2 aliphatic heterocycles. The molecule has 1 N–H and O–H groups in total. The number of benzene rings is 1. The van der Waals surface area contributed by atoms with Gasteiger partial charge >= 0.3 is 0 Å². The van der Waals surface area contributed by atoms with Crippen molar-refractivity contribution in [3.8, 4) is 28.8 Å². The summed E-state index contributed by atoms with van der Waals surface area (Å²) in [6, 6.07) is 9.72. The van der Waals surface area contributed by atoms with Crippen molar-refractivity contribution in [2.45, 2.75) is 88.7 Å². The third-order valence-corrected chi connectivity index (χ3v) is 10.5. The highest BCUT2D eigenvalue weighted by atomic mass is 16.5. The fraction of sp³-hybridized carbons (Fsp3) is 0.590. The predicted octanol–water partition coefficient (Wildman–Crippen LogP) is 4.81. The number of rotatable bonds is 20. The normalized spacial score (nSPS) is 21.6. The Labute approximate surface area is 322 Å². The Hall–Kier alpha value is -4.66. The molecule has 3 fully saturated rings. The lowest BCUT2D eigenvalue weighted by Gasteiger charge is -2.43. The van der Waals surface area contributed by atoms with Gasteiger partial charge in [-0.3, -0.25) is 9.58 Å². The Morgan fingerprint density at radius 2 is 1.64 bits per heavy atom. The Balaban J connectivity index is 0.990. The monoisotopic (exact) mass is 756 g/mol. The van der Waals surface area contributed by atoms with E-state index >= 15 is 0 Å². The highest BCUT2D eigenvalue weighted by molar-refractivity contribution is 5.67. The van der Waals surface area contributed by atoms with Gasteiger partial charge in [0.2, 0.25) is 5.95 Å². The molecule has 55 heavy (non-hydrogen) atoms. The number of ether oxygens (including phenoxy) is 6. The number of anilines is 2. The quantitative estimate of drug-likeness (QED) is 0.122.